The average molecular weight is 462 g/mol. The summed E-state index contributed by atoms with van der Waals surface area (Å²) in [5.41, 5.74) is 0.925. The van der Waals surface area contributed by atoms with Gasteiger partial charge < -0.3 is 4.90 Å². The number of hydrogen-bond donors (Lipinski definition) is 0. The Bertz CT molecular complexity index is 974. The lowest BCUT2D eigenvalue weighted by atomic mass is 10.1. The molecule has 1 aliphatic heterocycles. The van der Waals surface area contributed by atoms with Gasteiger partial charge in [0.1, 0.15) is 4.90 Å². The molecular formula is C19H19Cl3N2O3S. The van der Waals surface area contributed by atoms with Crippen LogP contribution in [0.15, 0.2) is 47.4 Å². The summed E-state index contributed by atoms with van der Waals surface area (Å²) in [4.78, 5) is 14.2. The monoisotopic (exact) mass is 460 g/mol. The molecule has 2 aromatic rings. The third-order valence-electron chi connectivity index (χ3n) is 4.67. The minimum absolute atomic E-state index is 0.0137. The summed E-state index contributed by atoms with van der Waals surface area (Å²) < 4.78 is 27.0. The maximum absolute atomic E-state index is 12.8. The number of halogens is 3. The van der Waals surface area contributed by atoms with Crippen molar-refractivity contribution in [2.45, 2.75) is 17.7 Å². The quantitative estimate of drug-likeness (QED) is 0.673. The fraction of sp³-hybridized carbons (Fsp3) is 0.316. The summed E-state index contributed by atoms with van der Waals surface area (Å²) in [7, 11) is -3.76. The van der Waals surface area contributed by atoms with Crippen molar-refractivity contribution in [3.63, 3.8) is 0 Å². The lowest BCUT2D eigenvalue weighted by Crippen LogP contribution is -2.50. The standard InChI is InChI=1S/C19H19Cl3N2O3S/c20-15-6-7-17(22)18(13-15)28(26,27)24-11-9-23(10-12-24)19(25)8-5-14-3-1-2-4-16(14)21/h1-4,6-7,13H,5,8-12H2. The van der Waals surface area contributed by atoms with Gasteiger partial charge >= 0.3 is 0 Å². The minimum Gasteiger partial charge on any atom is -0.340 e. The Hall–Kier alpha value is -1.31. The van der Waals surface area contributed by atoms with Crippen molar-refractivity contribution in [3.8, 4) is 0 Å². The topological polar surface area (TPSA) is 57.7 Å². The van der Waals surface area contributed by atoms with Crippen molar-refractivity contribution in [2.75, 3.05) is 26.2 Å². The summed E-state index contributed by atoms with van der Waals surface area (Å²) in [6, 6.07) is 11.8. The highest BCUT2D eigenvalue weighted by Gasteiger charge is 2.31. The maximum atomic E-state index is 12.8. The Balaban J connectivity index is 1.60. The second-order valence-electron chi connectivity index (χ2n) is 6.45. The third-order valence-corrected chi connectivity index (χ3v) is 7.65. The van der Waals surface area contributed by atoms with E-state index >= 15 is 0 Å². The minimum atomic E-state index is -3.76. The van der Waals surface area contributed by atoms with Crippen LogP contribution in [0.25, 0.3) is 0 Å². The summed E-state index contributed by atoms with van der Waals surface area (Å²) in [6.45, 7) is 1.09. The summed E-state index contributed by atoms with van der Waals surface area (Å²) in [5, 5.41) is 1.07. The zero-order chi connectivity index (χ0) is 20.3. The molecule has 1 aliphatic rings. The highest BCUT2D eigenvalue weighted by atomic mass is 35.5. The van der Waals surface area contributed by atoms with Crippen LogP contribution < -0.4 is 0 Å². The van der Waals surface area contributed by atoms with Crippen molar-refractivity contribution in [1.82, 2.24) is 9.21 Å². The van der Waals surface area contributed by atoms with E-state index in [0.29, 0.717) is 36.0 Å². The predicted octanol–water partition coefficient (Wildman–Crippen LogP) is 4.11. The molecule has 1 amide bonds. The van der Waals surface area contributed by atoms with Gasteiger partial charge in [-0.05, 0) is 36.2 Å². The number of carbonyl (C=O) groups excluding carboxylic acids is 1. The number of nitrogens with zero attached hydrogens (tertiary/aromatic N) is 2. The van der Waals surface area contributed by atoms with E-state index in [4.69, 9.17) is 34.8 Å². The van der Waals surface area contributed by atoms with Gasteiger partial charge in [-0.15, -0.1) is 0 Å². The van der Waals surface area contributed by atoms with Gasteiger partial charge in [-0.2, -0.15) is 4.31 Å². The van der Waals surface area contributed by atoms with Crippen LogP contribution in [0.2, 0.25) is 15.1 Å². The highest BCUT2D eigenvalue weighted by Crippen LogP contribution is 2.28. The first-order valence-corrected chi connectivity index (χ1v) is 11.3. The Morgan fingerprint density at radius 1 is 0.929 bits per heavy atom. The Kier molecular flexibility index (Phi) is 6.89. The van der Waals surface area contributed by atoms with Crippen LogP contribution in [0.5, 0.6) is 0 Å². The second-order valence-corrected chi connectivity index (χ2v) is 9.61. The van der Waals surface area contributed by atoms with E-state index in [1.165, 1.54) is 16.4 Å². The number of hydrogen-bond acceptors (Lipinski definition) is 3. The van der Waals surface area contributed by atoms with E-state index in [9.17, 15) is 13.2 Å². The molecule has 3 rings (SSSR count). The molecule has 0 saturated carbocycles. The van der Waals surface area contributed by atoms with E-state index in [-0.39, 0.29) is 28.9 Å². The third kappa shape index (κ3) is 4.81. The summed E-state index contributed by atoms with van der Waals surface area (Å²) >= 11 is 18.1. The van der Waals surface area contributed by atoms with E-state index in [1.807, 2.05) is 18.2 Å². The first kappa shape index (κ1) is 21.4. The molecule has 0 N–H and O–H groups in total. The number of aryl methyl sites for hydroxylation is 1. The molecule has 0 unspecified atom stereocenters. The maximum Gasteiger partial charge on any atom is 0.244 e. The fourth-order valence-electron chi connectivity index (χ4n) is 3.09. The van der Waals surface area contributed by atoms with Crippen molar-refractivity contribution in [3.05, 3.63) is 63.1 Å². The molecule has 9 heteroatoms. The lowest BCUT2D eigenvalue weighted by molar-refractivity contribution is -0.132. The zero-order valence-corrected chi connectivity index (χ0v) is 18.0. The van der Waals surface area contributed by atoms with Gasteiger partial charge in [0.05, 0.1) is 5.02 Å². The zero-order valence-electron chi connectivity index (χ0n) is 14.9. The molecule has 0 aliphatic carbocycles. The van der Waals surface area contributed by atoms with E-state index in [2.05, 4.69) is 0 Å². The fourth-order valence-corrected chi connectivity index (χ4v) is 5.48. The van der Waals surface area contributed by atoms with Gasteiger partial charge in [0.25, 0.3) is 0 Å². The van der Waals surface area contributed by atoms with Crippen LogP contribution in [0.4, 0.5) is 0 Å². The molecule has 1 saturated heterocycles. The Labute approximate surface area is 179 Å². The molecule has 1 fully saturated rings. The molecule has 1 heterocycles. The largest absolute Gasteiger partial charge is 0.340 e. The molecule has 0 radical (unpaired) electrons. The smallest absolute Gasteiger partial charge is 0.244 e. The van der Waals surface area contributed by atoms with Crippen LogP contribution in [0, 0.1) is 0 Å². The first-order valence-electron chi connectivity index (χ1n) is 8.75. The second kappa shape index (κ2) is 9.01. The predicted molar refractivity (Wildman–Crippen MR) is 112 cm³/mol. The molecule has 28 heavy (non-hydrogen) atoms. The molecule has 0 aromatic heterocycles. The van der Waals surface area contributed by atoms with Gasteiger partial charge in [-0.25, -0.2) is 8.42 Å². The molecular weight excluding hydrogens is 443 g/mol. The Morgan fingerprint density at radius 3 is 2.29 bits per heavy atom. The number of piperazine rings is 1. The van der Waals surface area contributed by atoms with Crippen molar-refractivity contribution >= 4 is 50.7 Å². The lowest BCUT2D eigenvalue weighted by Gasteiger charge is -2.34. The number of benzene rings is 2. The van der Waals surface area contributed by atoms with Crippen LogP contribution >= 0.6 is 34.8 Å². The molecule has 0 bridgehead atoms. The van der Waals surface area contributed by atoms with Crippen LogP contribution in [-0.2, 0) is 21.2 Å². The molecule has 5 nitrogen and oxygen atoms in total. The Morgan fingerprint density at radius 2 is 1.61 bits per heavy atom. The van der Waals surface area contributed by atoms with Crippen LogP contribution in [0.3, 0.4) is 0 Å². The van der Waals surface area contributed by atoms with Gasteiger partial charge in [0.2, 0.25) is 15.9 Å². The first-order chi connectivity index (χ1) is 13.3. The van der Waals surface area contributed by atoms with Gasteiger partial charge in [0, 0.05) is 42.6 Å². The highest BCUT2D eigenvalue weighted by molar-refractivity contribution is 7.89. The van der Waals surface area contributed by atoms with Crippen LogP contribution in [0.1, 0.15) is 12.0 Å². The van der Waals surface area contributed by atoms with Crippen molar-refractivity contribution in [2.24, 2.45) is 0 Å². The molecule has 2 aromatic carbocycles. The molecule has 0 spiro atoms. The van der Waals surface area contributed by atoms with E-state index in [0.717, 1.165) is 5.56 Å². The number of amides is 1. The van der Waals surface area contributed by atoms with Crippen molar-refractivity contribution in [1.29, 1.82) is 0 Å². The SMILES string of the molecule is O=C(CCc1ccccc1Cl)N1CCN(S(=O)(=O)c2cc(Cl)ccc2Cl)CC1. The number of rotatable bonds is 5. The van der Waals surface area contributed by atoms with E-state index < -0.39 is 10.0 Å². The van der Waals surface area contributed by atoms with Crippen LogP contribution in [-0.4, -0.2) is 49.7 Å². The normalized spacial score (nSPS) is 15.6. The molecule has 0 atom stereocenters. The number of carbonyl (C=O) groups is 1. The summed E-state index contributed by atoms with van der Waals surface area (Å²) in [6.07, 6.45) is 0.881. The van der Waals surface area contributed by atoms with Gasteiger partial charge in [0.15, 0.2) is 0 Å². The van der Waals surface area contributed by atoms with Gasteiger partial charge in [-0.3, -0.25) is 4.79 Å². The molecule has 150 valence electrons. The average Bonchev–Trinajstić information content (AvgIpc) is 2.69. The van der Waals surface area contributed by atoms with Crippen molar-refractivity contribution < 1.29 is 13.2 Å². The van der Waals surface area contributed by atoms with E-state index in [1.54, 1.807) is 17.0 Å². The number of sulfonamides is 1. The summed E-state index contributed by atoms with van der Waals surface area (Å²) in [5.74, 6) is -0.0160. The van der Waals surface area contributed by atoms with Gasteiger partial charge in [-0.1, -0.05) is 53.0 Å².